The van der Waals surface area contributed by atoms with Crippen LogP contribution in [0.1, 0.15) is 21.5 Å². The maximum atomic E-state index is 13.3. The van der Waals surface area contributed by atoms with Gasteiger partial charge in [0, 0.05) is 25.3 Å². The van der Waals surface area contributed by atoms with Gasteiger partial charge in [-0.3, -0.25) is 4.79 Å². The summed E-state index contributed by atoms with van der Waals surface area (Å²) in [5.74, 6) is -1.02. The highest BCUT2D eigenvalue weighted by Gasteiger charge is 2.20. The fraction of sp³-hybridized carbons (Fsp3) is 0.235. The molecule has 0 saturated carbocycles. The second-order valence-electron chi connectivity index (χ2n) is 5.66. The summed E-state index contributed by atoms with van der Waals surface area (Å²) >= 11 is 0. The van der Waals surface area contributed by atoms with Crippen molar-refractivity contribution in [2.75, 3.05) is 19.4 Å². The molecule has 24 heavy (non-hydrogen) atoms. The first-order valence-electron chi connectivity index (χ1n) is 7.23. The molecule has 2 aromatic carbocycles. The van der Waals surface area contributed by atoms with Crippen molar-refractivity contribution in [2.24, 2.45) is 0 Å². The first-order chi connectivity index (χ1) is 11.1. The van der Waals surface area contributed by atoms with E-state index in [1.54, 1.807) is 19.9 Å². The molecule has 0 aromatic heterocycles. The number of sulfonamides is 1. The number of nitrogens with zero attached hydrogens (tertiary/aromatic N) is 1. The lowest BCUT2D eigenvalue weighted by Gasteiger charge is -2.16. The van der Waals surface area contributed by atoms with Crippen molar-refractivity contribution >= 4 is 21.6 Å². The van der Waals surface area contributed by atoms with Crippen LogP contribution in [0.3, 0.4) is 0 Å². The SMILES string of the molecule is Cc1cc(S(=O)(=O)N(C)C)cc(NC(=O)c2cccc(F)c2)c1C. The van der Waals surface area contributed by atoms with Crippen molar-refractivity contribution in [2.45, 2.75) is 18.7 Å². The predicted molar refractivity (Wildman–Crippen MR) is 91.1 cm³/mol. The standard InChI is InChI=1S/C17H19FN2O3S/c1-11-8-15(24(22,23)20(3)4)10-16(12(11)2)19-17(21)13-6-5-7-14(18)9-13/h5-10H,1-4H3,(H,19,21). The number of anilines is 1. The molecule has 0 aliphatic carbocycles. The van der Waals surface area contributed by atoms with Crippen LogP contribution < -0.4 is 5.32 Å². The number of carbonyl (C=O) groups excluding carboxylic acids is 1. The van der Waals surface area contributed by atoms with Crippen LogP contribution in [-0.4, -0.2) is 32.7 Å². The molecule has 1 N–H and O–H groups in total. The molecule has 5 nitrogen and oxygen atoms in total. The minimum atomic E-state index is -3.62. The Hall–Kier alpha value is -2.25. The van der Waals surface area contributed by atoms with Crippen LogP contribution in [0.2, 0.25) is 0 Å². The van der Waals surface area contributed by atoms with E-state index in [0.29, 0.717) is 5.69 Å². The maximum absolute atomic E-state index is 13.3. The van der Waals surface area contributed by atoms with Crippen molar-refractivity contribution in [3.05, 3.63) is 58.9 Å². The molecule has 0 heterocycles. The van der Waals surface area contributed by atoms with E-state index in [1.807, 2.05) is 0 Å². The molecule has 0 unspecified atom stereocenters. The summed E-state index contributed by atoms with van der Waals surface area (Å²) < 4.78 is 39.0. The summed E-state index contributed by atoms with van der Waals surface area (Å²) in [6.07, 6.45) is 0. The van der Waals surface area contributed by atoms with Crippen molar-refractivity contribution in [3.63, 3.8) is 0 Å². The van der Waals surface area contributed by atoms with E-state index in [-0.39, 0.29) is 10.5 Å². The Labute approximate surface area is 141 Å². The zero-order valence-electron chi connectivity index (χ0n) is 13.9. The minimum absolute atomic E-state index is 0.0881. The van der Waals surface area contributed by atoms with Gasteiger partial charge in [-0.2, -0.15) is 0 Å². The van der Waals surface area contributed by atoms with Gasteiger partial charge in [0.05, 0.1) is 4.90 Å². The van der Waals surface area contributed by atoms with Gasteiger partial charge in [0.25, 0.3) is 5.91 Å². The van der Waals surface area contributed by atoms with Crippen LogP contribution in [0.4, 0.5) is 10.1 Å². The van der Waals surface area contributed by atoms with Crippen LogP contribution in [0.5, 0.6) is 0 Å². The highest BCUT2D eigenvalue weighted by Crippen LogP contribution is 2.26. The molecule has 128 valence electrons. The van der Waals surface area contributed by atoms with Crippen molar-refractivity contribution in [3.8, 4) is 0 Å². The lowest BCUT2D eigenvalue weighted by Crippen LogP contribution is -2.23. The van der Waals surface area contributed by atoms with Crippen molar-refractivity contribution < 1.29 is 17.6 Å². The Bertz CT molecular complexity index is 893. The minimum Gasteiger partial charge on any atom is -0.322 e. The Balaban J connectivity index is 2.44. The zero-order chi connectivity index (χ0) is 18.1. The number of amides is 1. The number of halogens is 1. The molecule has 0 saturated heterocycles. The highest BCUT2D eigenvalue weighted by molar-refractivity contribution is 7.89. The molecule has 0 spiro atoms. The molecule has 0 atom stereocenters. The lowest BCUT2D eigenvalue weighted by molar-refractivity contribution is 0.102. The van der Waals surface area contributed by atoms with Crippen LogP contribution in [0.15, 0.2) is 41.3 Å². The van der Waals surface area contributed by atoms with Crippen LogP contribution >= 0.6 is 0 Å². The van der Waals surface area contributed by atoms with Gasteiger partial charge < -0.3 is 5.32 Å². The summed E-state index contributed by atoms with van der Waals surface area (Å²) in [6, 6.07) is 8.27. The molecule has 0 aliphatic rings. The second kappa shape index (κ2) is 6.70. The molecular formula is C17H19FN2O3S. The van der Waals surface area contributed by atoms with Gasteiger partial charge in [0.1, 0.15) is 5.82 Å². The van der Waals surface area contributed by atoms with E-state index < -0.39 is 21.7 Å². The van der Waals surface area contributed by atoms with Gasteiger partial charge in [-0.05, 0) is 55.3 Å². The van der Waals surface area contributed by atoms with E-state index in [4.69, 9.17) is 0 Å². The maximum Gasteiger partial charge on any atom is 0.255 e. The quantitative estimate of drug-likeness (QED) is 0.922. The predicted octanol–water partition coefficient (Wildman–Crippen LogP) is 2.95. The number of carbonyl (C=O) groups is 1. The fourth-order valence-electron chi connectivity index (χ4n) is 2.14. The summed E-state index contributed by atoms with van der Waals surface area (Å²) in [5.41, 5.74) is 2.02. The number of nitrogens with one attached hydrogen (secondary N) is 1. The third-order valence-corrected chi connectivity index (χ3v) is 5.55. The lowest BCUT2D eigenvalue weighted by atomic mass is 10.1. The summed E-state index contributed by atoms with van der Waals surface area (Å²) in [6.45, 7) is 3.55. The largest absolute Gasteiger partial charge is 0.322 e. The molecule has 7 heteroatoms. The van der Waals surface area contributed by atoms with E-state index >= 15 is 0 Å². The Morgan fingerprint density at radius 2 is 1.79 bits per heavy atom. The van der Waals surface area contributed by atoms with Crippen LogP contribution in [0, 0.1) is 19.7 Å². The molecule has 0 fully saturated rings. The van der Waals surface area contributed by atoms with Crippen molar-refractivity contribution in [1.29, 1.82) is 0 Å². The number of hydrogen-bond donors (Lipinski definition) is 1. The van der Waals surface area contributed by atoms with E-state index in [0.717, 1.165) is 21.5 Å². The van der Waals surface area contributed by atoms with E-state index in [1.165, 1.54) is 38.4 Å². The average molecular weight is 350 g/mol. The van der Waals surface area contributed by atoms with Gasteiger partial charge in [-0.1, -0.05) is 6.07 Å². The van der Waals surface area contributed by atoms with Gasteiger partial charge in [0.15, 0.2) is 0 Å². The smallest absolute Gasteiger partial charge is 0.255 e. The average Bonchev–Trinajstić information content (AvgIpc) is 2.51. The molecule has 0 radical (unpaired) electrons. The van der Waals surface area contributed by atoms with Crippen LogP contribution in [0.25, 0.3) is 0 Å². The van der Waals surface area contributed by atoms with E-state index in [2.05, 4.69) is 5.32 Å². The third-order valence-electron chi connectivity index (χ3n) is 3.75. The van der Waals surface area contributed by atoms with Gasteiger partial charge >= 0.3 is 0 Å². The van der Waals surface area contributed by atoms with Gasteiger partial charge in [0.2, 0.25) is 10.0 Å². The first kappa shape index (κ1) is 18.1. The fourth-order valence-corrected chi connectivity index (χ4v) is 3.15. The summed E-state index contributed by atoms with van der Waals surface area (Å²) in [4.78, 5) is 12.4. The third kappa shape index (κ3) is 3.63. The zero-order valence-corrected chi connectivity index (χ0v) is 14.7. The molecule has 2 aromatic rings. The summed E-state index contributed by atoms with van der Waals surface area (Å²) in [5, 5.41) is 2.66. The Morgan fingerprint density at radius 1 is 1.12 bits per heavy atom. The van der Waals surface area contributed by atoms with Crippen molar-refractivity contribution in [1.82, 2.24) is 4.31 Å². The molecule has 2 rings (SSSR count). The number of aryl methyl sites for hydroxylation is 1. The topological polar surface area (TPSA) is 66.5 Å². The first-order valence-corrected chi connectivity index (χ1v) is 8.67. The molecule has 0 aliphatic heterocycles. The Kier molecular flexibility index (Phi) is 5.05. The van der Waals surface area contributed by atoms with Gasteiger partial charge in [-0.15, -0.1) is 0 Å². The van der Waals surface area contributed by atoms with Crippen LogP contribution in [-0.2, 0) is 10.0 Å². The Morgan fingerprint density at radius 3 is 2.38 bits per heavy atom. The summed E-state index contributed by atoms with van der Waals surface area (Å²) in [7, 11) is -0.744. The highest BCUT2D eigenvalue weighted by atomic mass is 32.2. The van der Waals surface area contributed by atoms with Gasteiger partial charge in [-0.25, -0.2) is 17.1 Å². The molecule has 1 amide bonds. The van der Waals surface area contributed by atoms with E-state index in [9.17, 15) is 17.6 Å². The normalized spacial score (nSPS) is 11.6. The molecule has 0 bridgehead atoms. The number of hydrogen-bond acceptors (Lipinski definition) is 3. The monoisotopic (exact) mass is 350 g/mol. The second-order valence-corrected chi connectivity index (χ2v) is 7.82. The molecular weight excluding hydrogens is 331 g/mol. The number of rotatable bonds is 4. The number of benzene rings is 2.